The lowest BCUT2D eigenvalue weighted by Gasteiger charge is -2.19. The predicted octanol–water partition coefficient (Wildman–Crippen LogP) is 3.38. The number of carbonyl (C=O) groups excluding carboxylic acids is 1. The third-order valence-corrected chi connectivity index (χ3v) is 4.78. The van der Waals surface area contributed by atoms with Crippen LogP contribution in [0.4, 0.5) is 10.1 Å². The summed E-state index contributed by atoms with van der Waals surface area (Å²) in [5.74, 6) is 0.368. The van der Waals surface area contributed by atoms with Crippen molar-refractivity contribution in [2.75, 3.05) is 4.90 Å². The second kappa shape index (κ2) is 4.60. The zero-order valence-corrected chi connectivity index (χ0v) is 13.4. The molecular weight excluding hydrogens is 293 g/mol. The largest absolute Gasteiger partial charge is 0.308 e. The van der Waals surface area contributed by atoms with Crippen molar-refractivity contribution < 1.29 is 9.18 Å². The van der Waals surface area contributed by atoms with E-state index < -0.39 is 5.41 Å². The lowest BCUT2D eigenvalue weighted by atomic mass is 9.85. The molecule has 1 aliphatic heterocycles. The number of fused-ring (bicyclic) bond motifs is 1. The molecule has 2 aromatic rings. The summed E-state index contributed by atoms with van der Waals surface area (Å²) in [6, 6.07) is 3.55. The Kier molecular flexibility index (Phi) is 2.86. The molecule has 0 N–H and O–H groups in total. The van der Waals surface area contributed by atoms with Crippen molar-refractivity contribution in [1.82, 2.24) is 9.97 Å². The molecule has 4 nitrogen and oxygen atoms in total. The minimum absolute atomic E-state index is 0.0618. The van der Waals surface area contributed by atoms with E-state index in [0.717, 1.165) is 24.1 Å². The summed E-state index contributed by atoms with van der Waals surface area (Å²) in [7, 11) is 0. The number of aryl methyl sites for hydroxylation is 1. The molecule has 4 rings (SSSR count). The molecule has 1 fully saturated rings. The van der Waals surface area contributed by atoms with Gasteiger partial charge in [0, 0.05) is 35.2 Å². The van der Waals surface area contributed by atoms with Gasteiger partial charge in [-0.15, -0.1) is 0 Å². The number of carbonyl (C=O) groups is 1. The number of hydrogen-bond acceptors (Lipinski definition) is 3. The number of nitrogens with zero attached hydrogens (tertiary/aromatic N) is 3. The van der Waals surface area contributed by atoms with Gasteiger partial charge in [-0.05, 0) is 51.3 Å². The van der Waals surface area contributed by atoms with Crippen LogP contribution in [-0.2, 0) is 10.2 Å². The molecule has 23 heavy (non-hydrogen) atoms. The molecule has 0 unspecified atom stereocenters. The van der Waals surface area contributed by atoms with E-state index in [4.69, 9.17) is 0 Å². The highest BCUT2D eigenvalue weighted by Crippen LogP contribution is 2.48. The zero-order chi connectivity index (χ0) is 16.4. The normalized spacial score (nSPS) is 19.1. The zero-order valence-electron chi connectivity index (χ0n) is 13.4. The van der Waals surface area contributed by atoms with Crippen LogP contribution in [0.3, 0.4) is 0 Å². The molecule has 2 aliphatic rings. The Labute approximate surface area is 134 Å². The van der Waals surface area contributed by atoms with E-state index in [1.165, 1.54) is 6.07 Å². The van der Waals surface area contributed by atoms with E-state index in [1.807, 2.05) is 18.7 Å². The van der Waals surface area contributed by atoms with Crippen molar-refractivity contribution in [1.29, 1.82) is 0 Å². The highest BCUT2D eigenvalue weighted by molar-refractivity contribution is 6.09. The maximum absolute atomic E-state index is 14.7. The molecule has 0 atom stereocenters. The van der Waals surface area contributed by atoms with Crippen LogP contribution in [-0.4, -0.2) is 21.9 Å². The van der Waals surface area contributed by atoms with Gasteiger partial charge in [0.1, 0.15) is 11.6 Å². The number of benzene rings is 1. The van der Waals surface area contributed by atoms with Gasteiger partial charge < -0.3 is 4.90 Å². The van der Waals surface area contributed by atoms with E-state index in [9.17, 15) is 9.18 Å². The van der Waals surface area contributed by atoms with Crippen molar-refractivity contribution in [3.8, 4) is 11.1 Å². The van der Waals surface area contributed by atoms with Crippen LogP contribution < -0.4 is 4.90 Å². The molecule has 0 spiro atoms. The Bertz CT molecular complexity index is 810. The molecule has 1 aliphatic carbocycles. The molecule has 5 heteroatoms. The molecule has 1 saturated carbocycles. The molecule has 0 bridgehead atoms. The Morgan fingerprint density at radius 2 is 1.87 bits per heavy atom. The third kappa shape index (κ3) is 2.06. The van der Waals surface area contributed by atoms with Crippen molar-refractivity contribution >= 4 is 11.6 Å². The van der Waals surface area contributed by atoms with E-state index in [-0.39, 0.29) is 17.8 Å². The van der Waals surface area contributed by atoms with Crippen LogP contribution in [0.1, 0.15) is 38.1 Å². The average molecular weight is 311 g/mol. The first-order valence-electron chi connectivity index (χ1n) is 7.86. The number of hydrogen-bond donors (Lipinski definition) is 0. The van der Waals surface area contributed by atoms with Crippen LogP contribution in [0.25, 0.3) is 11.1 Å². The number of amides is 1. The Balaban J connectivity index is 1.90. The molecule has 0 saturated heterocycles. The lowest BCUT2D eigenvalue weighted by molar-refractivity contribution is -0.122. The molecule has 0 radical (unpaired) electrons. The van der Waals surface area contributed by atoms with Gasteiger partial charge in [-0.3, -0.25) is 4.79 Å². The van der Waals surface area contributed by atoms with Crippen molar-refractivity contribution in [2.24, 2.45) is 0 Å². The van der Waals surface area contributed by atoms with Gasteiger partial charge in [0.25, 0.3) is 0 Å². The summed E-state index contributed by atoms with van der Waals surface area (Å²) in [4.78, 5) is 22.9. The van der Waals surface area contributed by atoms with Gasteiger partial charge >= 0.3 is 0 Å². The van der Waals surface area contributed by atoms with Gasteiger partial charge in [0.2, 0.25) is 5.91 Å². The molecule has 1 amide bonds. The van der Waals surface area contributed by atoms with Gasteiger partial charge in [-0.25, -0.2) is 14.4 Å². The molecular formula is C18H18FN3O. The number of halogens is 1. The topological polar surface area (TPSA) is 46.1 Å². The second-order valence-corrected chi connectivity index (χ2v) is 6.90. The number of aromatic nitrogens is 2. The minimum atomic E-state index is -0.679. The summed E-state index contributed by atoms with van der Waals surface area (Å²) in [5.41, 5.74) is 1.99. The first-order chi connectivity index (χ1) is 10.9. The summed E-state index contributed by atoms with van der Waals surface area (Å²) >= 11 is 0. The van der Waals surface area contributed by atoms with E-state index >= 15 is 0 Å². The number of anilines is 1. The first-order valence-corrected chi connectivity index (χ1v) is 7.86. The fourth-order valence-corrected chi connectivity index (χ4v) is 3.24. The number of rotatable bonds is 2. The maximum atomic E-state index is 14.7. The fourth-order valence-electron chi connectivity index (χ4n) is 3.24. The summed E-state index contributed by atoms with van der Waals surface area (Å²) in [5, 5.41) is 0. The van der Waals surface area contributed by atoms with Crippen LogP contribution in [0.5, 0.6) is 0 Å². The standard InChI is InChI=1S/C18H18FN3O/c1-10-20-8-11(9-21-10)13-6-16-14(7-15(13)19)18(2,3)17(23)22(16)12-4-5-12/h6-9,12H,4-5H2,1-3H3. The summed E-state index contributed by atoms with van der Waals surface area (Å²) in [6.45, 7) is 5.52. The molecule has 118 valence electrons. The smallest absolute Gasteiger partial charge is 0.237 e. The molecule has 2 heterocycles. The summed E-state index contributed by atoms with van der Waals surface area (Å²) in [6.07, 6.45) is 5.27. The highest BCUT2D eigenvalue weighted by atomic mass is 19.1. The third-order valence-electron chi connectivity index (χ3n) is 4.78. The highest BCUT2D eigenvalue weighted by Gasteiger charge is 2.49. The van der Waals surface area contributed by atoms with Gasteiger partial charge in [0.05, 0.1) is 5.41 Å². The Morgan fingerprint density at radius 3 is 2.48 bits per heavy atom. The van der Waals surface area contributed by atoms with Crippen LogP contribution in [0, 0.1) is 12.7 Å². The van der Waals surface area contributed by atoms with Gasteiger partial charge in [-0.1, -0.05) is 0 Å². The average Bonchev–Trinajstić information content (AvgIpc) is 3.31. The van der Waals surface area contributed by atoms with Crippen LogP contribution >= 0.6 is 0 Å². The molecule has 1 aromatic carbocycles. The van der Waals surface area contributed by atoms with Gasteiger partial charge in [-0.2, -0.15) is 0 Å². The van der Waals surface area contributed by atoms with E-state index in [2.05, 4.69) is 9.97 Å². The van der Waals surface area contributed by atoms with Crippen LogP contribution in [0.15, 0.2) is 24.5 Å². The quantitative estimate of drug-likeness (QED) is 0.854. The van der Waals surface area contributed by atoms with E-state index in [1.54, 1.807) is 25.4 Å². The fraction of sp³-hybridized carbons (Fsp3) is 0.389. The van der Waals surface area contributed by atoms with Crippen molar-refractivity contribution in [2.45, 2.75) is 45.1 Å². The van der Waals surface area contributed by atoms with Crippen molar-refractivity contribution in [3.63, 3.8) is 0 Å². The SMILES string of the molecule is Cc1ncc(-c2cc3c(cc2F)C(C)(C)C(=O)N3C2CC2)cn1. The predicted molar refractivity (Wildman–Crippen MR) is 85.7 cm³/mol. The van der Waals surface area contributed by atoms with Crippen LogP contribution in [0.2, 0.25) is 0 Å². The van der Waals surface area contributed by atoms with E-state index in [0.29, 0.717) is 17.0 Å². The Morgan fingerprint density at radius 1 is 1.22 bits per heavy atom. The second-order valence-electron chi connectivity index (χ2n) is 6.90. The monoisotopic (exact) mass is 311 g/mol. The Hall–Kier alpha value is -2.30. The first kappa shape index (κ1) is 14.3. The maximum Gasteiger partial charge on any atom is 0.237 e. The van der Waals surface area contributed by atoms with Crippen molar-refractivity contribution in [3.05, 3.63) is 41.7 Å². The summed E-state index contributed by atoms with van der Waals surface area (Å²) < 4.78 is 14.7. The van der Waals surface area contributed by atoms with Gasteiger partial charge in [0.15, 0.2) is 0 Å². The minimum Gasteiger partial charge on any atom is -0.308 e. The molecule has 1 aromatic heterocycles. The lowest BCUT2D eigenvalue weighted by Crippen LogP contribution is -2.37.